The zero-order valence-electron chi connectivity index (χ0n) is 22.2. The van der Waals surface area contributed by atoms with E-state index in [9.17, 15) is 19.8 Å². The summed E-state index contributed by atoms with van der Waals surface area (Å²) in [7, 11) is 0. The maximum atomic E-state index is 12.4. The fraction of sp³-hybridized carbons (Fsp3) is 0.355. The van der Waals surface area contributed by atoms with Crippen molar-refractivity contribution in [1.82, 2.24) is 9.55 Å². The first kappa shape index (κ1) is 25.7. The van der Waals surface area contributed by atoms with E-state index in [-0.39, 0.29) is 12.0 Å². The monoisotopic (exact) mass is 528 g/mol. The van der Waals surface area contributed by atoms with Crippen LogP contribution >= 0.6 is 0 Å². The van der Waals surface area contributed by atoms with E-state index >= 15 is 0 Å². The van der Waals surface area contributed by atoms with E-state index in [2.05, 4.69) is 68.2 Å². The van der Waals surface area contributed by atoms with Crippen molar-refractivity contribution in [2.45, 2.75) is 58.3 Å². The molecule has 0 saturated carbocycles. The lowest BCUT2D eigenvalue weighted by atomic mass is 9.85. The zero-order valence-corrected chi connectivity index (χ0v) is 22.2. The van der Waals surface area contributed by atoms with Crippen molar-refractivity contribution < 1.29 is 19.7 Å². The molecule has 6 rings (SSSR count). The Balaban J connectivity index is 1.37. The van der Waals surface area contributed by atoms with Crippen molar-refractivity contribution in [1.29, 1.82) is 0 Å². The number of aromatic nitrogens is 2. The normalized spacial score (nSPS) is 22.0. The lowest BCUT2D eigenvalue weighted by Crippen LogP contribution is -2.39. The van der Waals surface area contributed by atoms with Crippen LogP contribution in [0.5, 0.6) is 0 Å². The van der Waals surface area contributed by atoms with Gasteiger partial charge in [0.2, 0.25) is 0 Å². The summed E-state index contributed by atoms with van der Waals surface area (Å²) in [6.07, 6.45) is -1.75. The molecule has 0 spiro atoms. The Morgan fingerprint density at radius 1 is 0.974 bits per heavy atom. The van der Waals surface area contributed by atoms with Crippen molar-refractivity contribution in [3.63, 3.8) is 0 Å². The lowest BCUT2D eigenvalue weighted by molar-refractivity contribution is -0.0795. The van der Waals surface area contributed by atoms with E-state index in [4.69, 9.17) is 9.47 Å². The number of ether oxygens (including phenoxy) is 2. The third-order valence-corrected chi connectivity index (χ3v) is 7.53. The van der Waals surface area contributed by atoms with Gasteiger partial charge in [-0.2, -0.15) is 0 Å². The van der Waals surface area contributed by atoms with Gasteiger partial charge in [-0.25, -0.2) is 4.79 Å². The van der Waals surface area contributed by atoms with Crippen molar-refractivity contribution in [3.05, 3.63) is 92.8 Å². The minimum atomic E-state index is -1.17. The van der Waals surface area contributed by atoms with Gasteiger partial charge in [0.1, 0.15) is 18.3 Å². The highest BCUT2D eigenvalue weighted by Gasteiger charge is 2.45. The molecule has 8 nitrogen and oxygen atoms in total. The molecular formula is C31H32N2O6. The van der Waals surface area contributed by atoms with E-state index in [1.54, 1.807) is 0 Å². The number of H-pyrrole nitrogens is 1. The van der Waals surface area contributed by atoms with Gasteiger partial charge in [0.15, 0.2) is 6.23 Å². The van der Waals surface area contributed by atoms with Gasteiger partial charge in [0.25, 0.3) is 5.56 Å². The van der Waals surface area contributed by atoms with Gasteiger partial charge < -0.3 is 19.7 Å². The number of rotatable bonds is 6. The van der Waals surface area contributed by atoms with Gasteiger partial charge in [-0.1, -0.05) is 69.3 Å². The van der Waals surface area contributed by atoms with Crippen LogP contribution in [0.25, 0.3) is 32.3 Å². The predicted octanol–water partition coefficient (Wildman–Crippen LogP) is 3.86. The van der Waals surface area contributed by atoms with E-state index in [0.29, 0.717) is 0 Å². The van der Waals surface area contributed by atoms with Crippen LogP contribution in [-0.2, 0) is 22.5 Å². The quantitative estimate of drug-likeness (QED) is 0.289. The molecule has 8 heteroatoms. The van der Waals surface area contributed by atoms with Crippen LogP contribution in [0.1, 0.15) is 38.1 Å². The third-order valence-electron chi connectivity index (χ3n) is 7.53. The predicted molar refractivity (Wildman–Crippen MR) is 150 cm³/mol. The molecule has 1 saturated heterocycles. The fourth-order valence-electron chi connectivity index (χ4n) is 5.87. The molecule has 39 heavy (non-hydrogen) atoms. The van der Waals surface area contributed by atoms with Crippen molar-refractivity contribution in [3.8, 4) is 0 Å². The Hall–Kier alpha value is -3.56. The average Bonchev–Trinajstić information content (AvgIpc) is 3.20. The molecule has 0 radical (unpaired) electrons. The van der Waals surface area contributed by atoms with Crippen molar-refractivity contribution in [2.75, 3.05) is 6.61 Å². The average molecular weight is 529 g/mol. The van der Waals surface area contributed by atoms with Crippen LogP contribution in [0.2, 0.25) is 0 Å². The van der Waals surface area contributed by atoms with Crippen LogP contribution in [0.15, 0.2) is 70.4 Å². The summed E-state index contributed by atoms with van der Waals surface area (Å²) in [4.78, 5) is 26.2. The number of aromatic amines is 1. The molecule has 0 amide bonds. The van der Waals surface area contributed by atoms with Crippen molar-refractivity contribution >= 4 is 32.3 Å². The molecule has 2 unspecified atom stereocenters. The zero-order chi connectivity index (χ0) is 27.5. The second-order valence-electron chi connectivity index (χ2n) is 11.7. The SMILES string of the molecule is CC(C)(C)Cc1cc2ccc3ccc(COC4C(O)[C@H](CO)O[C@@H]4n4ccc(=O)[nH]c4=O)c4ccc(c1)c2c34. The Bertz CT molecular complexity index is 1760. The molecule has 0 bridgehead atoms. The highest BCUT2D eigenvalue weighted by molar-refractivity contribution is 6.23. The standard InChI is InChI=1S/C31H32N2O6/c1-31(2,3)14-17-12-19-6-4-18-5-7-21(22-9-8-20(13-17)25(19)26(18)22)16-38-28-27(36)23(15-34)39-29(28)33-11-10-24(35)32-30(33)37/h4-13,23,27-29,34,36H,14-16H2,1-3H3,(H,32,35,37)/t23-,27?,28?,29-/m0/s1. The maximum absolute atomic E-state index is 12.4. The molecule has 5 aromatic rings. The molecule has 1 aliphatic rings. The van der Waals surface area contributed by atoms with Gasteiger partial charge in [-0.15, -0.1) is 0 Å². The highest BCUT2D eigenvalue weighted by atomic mass is 16.6. The Morgan fingerprint density at radius 3 is 2.36 bits per heavy atom. The van der Waals surface area contributed by atoms with Gasteiger partial charge in [-0.05, 0) is 55.3 Å². The molecule has 1 aliphatic heterocycles. The smallest absolute Gasteiger partial charge is 0.330 e. The lowest BCUT2D eigenvalue weighted by Gasteiger charge is -2.23. The summed E-state index contributed by atoms with van der Waals surface area (Å²) < 4.78 is 13.2. The Kier molecular flexibility index (Phi) is 6.31. The van der Waals surface area contributed by atoms with Gasteiger partial charge in [-0.3, -0.25) is 14.3 Å². The molecule has 1 fully saturated rings. The number of nitrogens with zero attached hydrogens (tertiary/aromatic N) is 1. The van der Waals surface area contributed by atoms with E-state index in [1.807, 2.05) is 6.07 Å². The molecule has 1 aromatic heterocycles. The van der Waals surface area contributed by atoms with Crippen LogP contribution in [-0.4, -0.2) is 44.7 Å². The summed E-state index contributed by atoms with van der Waals surface area (Å²) in [5.74, 6) is 0. The minimum absolute atomic E-state index is 0.154. The first-order valence-corrected chi connectivity index (χ1v) is 13.2. The van der Waals surface area contributed by atoms with Crippen molar-refractivity contribution in [2.24, 2.45) is 5.41 Å². The minimum Gasteiger partial charge on any atom is -0.394 e. The molecule has 0 aliphatic carbocycles. The van der Waals surface area contributed by atoms with E-state index in [1.165, 1.54) is 43.9 Å². The number of aliphatic hydroxyl groups excluding tert-OH is 2. The number of hydrogen-bond acceptors (Lipinski definition) is 6. The summed E-state index contributed by atoms with van der Waals surface area (Å²) in [6, 6.07) is 18.4. The number of hydrogen-bond donors (Lipinski definition) is 3. The summed E-state index contributed by atoms with van der Waals surface area (Å²) in [5, 5.41) is 27.5. The number of benzene rings is 4. The molecule has 4 aromatic carbocycles. The third kappa shape index (κ3) is 4.63. The molecule has 202 valence electrons. The van der Waals surface area contributed by atoms with E-state index in [0.717, 1.165) is 22.8 Å². The second-order valence-corrected chi connectivity index (χ2v) is 11.7. The maximum Gasteiger partial charge on any atom is 0.330 e. The van der Waals surface area contributed by atoms with E-state index < -0.39 is 42.4 Å². The summed E-state index contributed by atoms with van der Waals surface area (Å²) >= 11 is 0. The topological polar surface area (TPSA) is 114 Å². The van der Waals surface area contributed by atoms with Gasteiger partial charge in [0, 0.05) is 12.3 Å². The largest absolute Gasteiger partial charge is 0.394 e. The Labute approximate surface area is 224 Å². The van der Waals surface area contributed by atoms with Gasteiger partial charge >= 0.3 is 5.69 Å². The number of aliphatic hydroxyl groups is 2. The highest BCUT2D eigenvalue weighted by Crippen LogP contribution is 2.38. The first-order chi connectivity index (χ1) is 18.6. The van der Waals surface area contributed by atoms with Crippen LogP contribution in [0.4, 0.5) is 0 Å². The van der Waals surface area contributed by atoms with Crippen LogP contribution in [0.3, 0.4) is 0 Å². The first-order valence-electron chi connectivity index (χ1n) is 13.2. The van der Waals surface area contributed by atoms with Crippen LogP contribution < -0.4 is 11.2 Å². The second kappa shape index (κ2) is 9.57. The molecule has 4 atom stereocenters. The summed E-state index contributed by atoms with van der Waals surface area (Å²) in [6.45, 7) is 6.45. The Morgan fingerprint density at radius 2 is 1.67 bits per heavy atom. The summed E-state index contributed by atoms with van der Waals surface area (Å²) in [5.41, 5.74) is 1.22. The molecule has 2 heterocycles. The molecule has 3 N–H and O–H groups in total. The fourth-order valence-corrected chi connectivity index (χ4v) is 5.87. The van der Waals surface area contributed by atoms with Gasteiger partial charge in [0.05, 0.1) is 13.2 Å². The molecular weight excluding hydrogens is 496 g/mol. The van der Waals surface area contributed by atoms with Crippen LogP contribution in [0, 0.1) is 5.41 Å². The number of nitrogens with one attached hydrogen (secondary N) is 1.